The van der Waals surface area contributed by atoms with E-state index in [9.17, 15) is 9.90 Å². The molecule has 4 heteroatoms. The Morgan fingerprint density at radius 2 is 2.11 bits per heavy atom. The van der Waals surface area contributed by atoms with Crippen LogP contribution in [0.25, 0.3) is 0 Å². The van der Waals surface area contributed by atoms with E-state index in [1.165, 1.54) is 0 Å². The molecule has 100 valence electrons. The standard InChI is InChI=1S/C14H21NO2S/c1-9-5-6-12(18-4)8-13(9)14(17)15-10(2)7-11(3)16/h5-6,8,10-11,16H,7H2,1-4H3,(H,15,17). The Morgan fingerprint density at radius 3 is 2.67 bits per heavy atom. The van der Waals surface area contributed by atoms with Crippen molar-refractivity contribution in [3.63, 3.8) is 0 Å². The highest BCUT2D eigenvalue weighted by Crippen LogP contribution is 2.19. The lowest BCUT2D eigenvalue weighted by Gasteiger charge is -2.16. The molecule has 0 spiro atoms. The van der Waals surface area contributed by atoms with Crippen LogP contribution in [-0.2, 0) is 0 Å². The number of benzene rings is 1. The van der Waals surface area contributed by atoms with E-state index in [-0.39, 0.29) is 11.9 Å². The van der Waals surface area contributed by atoms with Gasteiger partial charge in [-0.3, -0.25) is 4.79 Å². The summed E-state index contributed by atoms with van der Waals surface area (Å²) in [5, 5.41) is 12.2. The van der Waals surface area contributed by atoms with Gasteiger partial charge in [-0.1, -0.05) is 6.07 Å². The monoisotopic (exact) mass is 267 g/mol. The largest absolute Gasteiger partial charge is 0.393 e. The van der Waals surface area contributed by atoms with E-state index in [0.29, 0.717) is 12.0 Å². The zero-order valence-electron chi connectivity index (χ0n) is 11.4. The van der Waals surface area contributed by atoms with Gasteiger partial charge in [0.15, 0.2) is 0 Å². The molecular formula is C14H21NO2S. The molecule has 1 aromatic rings. The van der Waals surface area contributed by atoms with E-state index in [0.717, 1.165) is 10.5 Å². The minimum absolute atomic E-state index is 0.0326. The van der Waals surface area contributed by atoms with Gasteiger partial charge in [-0.15, -0.1) is 11.8 Å². The zero-order valence-corrected chi connectivity index (χ0v) is 12.2. The third kappa shape index (κ3) is 4.35. The molecule has 3 nitrogen and oxygen atoms in total. The van der Waals surface area contributed by atoms with Crippen LogP contribution in [-0.4, -0.2) is 29.4 Å². The predicted octanol–water partition coefficient (Wildman–Crippen LogP) is 2.61. The van der Waals surface area contributed by atoms with Gasteiger partial charge in [-0.05, 0) is 51.1 Å². The van der Waals surface area contributed by atoms with Gasteiger partial charge in [0.25, 0.3) is 5.91 Å². The molecule has 1 rings (SSSR count). The molecule has 0 saturated heterocycles. The number of amides is 1. The summed E-state index contributed by atoms with van der Waals surface area (Å²) in [5.74, 6) is -0.0726. The molecule has 0 aliphatic rings. The van der Waals surface area contributed by atoms with Crippen molar-refractivity contribution in [2.75, 3.05) is 6.26 Å². The highest BCUT2D eigenvalue weighted by atomic mass is 32.2. The number of carbonyl (C=O) groups excluding carboxylic acids is 1. The van der Waals surface area contributed by atoms with Gasteiger partial charge in [0.1, 0.15) is 0 Å². The fraction of sp³-hybridized carbons (Fsp3) is 0.500. The van der Waals surface area contributed by atoms with E-state index in [1.54, 1.807) is 18.7 Å². The number of hydrogen-bond acceptors (Lipinski definition) is 3. The van der Waals surface area contributed by atoms with Crippen molar-refractivity contribution in [3.8, 4) is 0 Å². The summed E-state index contributed by atoms with van der Waals surface area (Å²) in [4.78, 5) is 13.2. The predicted molar refractivity (Wildman–Crippen MR) is 76.2 cm³/mol. The topological polar surface area (TPSA) is 49.3 Å². The van der Waals surface area contributed by atoms with Crippen LogP contribution in [0.15, 0.2) is 23.1 Å². The fourth-order valence-corrected chi connectivity index (χ4v) is 2.28. The number of rotatable bonds is 5. The summed E-state index contributed by atoms with van der Waals surface area (Å²) >= 11 is 1.62. The average Bonchev–Trinajstić information content (AvgIpc) is 2.28. The molecule has 2 N–H and O–H groups in total. The van der Waals surface area contributed by atoms with Gasteiger partial charge in [-0.2, -0.15) is 0 Å². The molecule has 18 heavy (non-hydrogen) atoms. The molecule has 0 aromatic heterocycles. The third-order valence-electron chi connectivity index (χ3n) is 2.76. The second-order valence-corrected chi connectivity index (χ2v) is 5.52. The molecule has 0 aliphatic carbocycles. The van der Waals surface area contributed by atoms with E-state index >= 15 is 0 Å². The molecule has 0 fully saturated rings. The number of thioether (sulfide) groups is 1. The highest BCUT2D eigenvalue weighted by molar-refractivity contribution is 7.98. The number of aliphatic hydroxyl groups excluding tert-OH is 1. The Hall–Kier alpha value is -1.00. The lowest BCUT2D eigenvalue weighted by molar-refractivity contribution is 0.0922. The van der Waals surface area contributed by atoms with Gasteiger partial charge >= 0.3 is 0 Å². The first-order chi connectivity index (χ1) is 8.43. The van der Waals surface area contributed by atoms with Crippen molar-refractivity contribution in [1.82, 2.24) is 5.32 Å². The molecule has 0 aliphatic heterocycles. The Kier molecular flexibility index (Phi) is 5.69. The van der Waals surface area contributed by atoms with Crippen LogP contribution in [0.2, 0.25) is 0 Å². The second-order valence-electron chi connectivity index (χ2n) is 4.64. The average molecular weight is 267 g/mol. The van der Waals surface area contributed by atoms with Crippen molar-refractivity contribution < 1.29 is 9.90 Å². The number of carbonyl (C=O) groups is 1. The van der Waals surface area contributed by atoms with Crippen LogP contribution in [0, 0.1) is 6.92 Å². The summed E-state index contributed by atoms with van der Waals surface area (Å²) in [7, 11) is 0. The van der Waals surface area contributed by atoms with Crippen LogP contribution in [0.5, 0.6) is 0 Å². The number of hydrogen-bond donors (Lipinski definition) is 2. The molecule has 0 saturated carbocycles. The highest BCUT2D eigenvalue weighted by Gasteiger charge is 2.13. The van der Waals surface area contributed by atoms with Crippen LogP contribution in [0.3, 0.4) is 0 Å². The smallest absolute Gasteiger partial charge is 0.251 e. The fourth-order valence-electron chi connectivity index (χ4n) is 1.84. The quantitative estimate of drug-likeness (QED) is 0.806. The van der Waals surface area contributed by atoms with Crippen molar-refractivity contribution >= 4 is 17.7 Å². The van der Waals surface area contributed by atoms with Gasteiger partial charge in [-0.25, -0.2) is 0 Å². The second kappa shape index (κ2) is 6.81. The summed E-state index contributed by atoms with van der Waals surface area (Å²) in [6, 6.07) is 5.84. The SMILES string of the molecule is CSc1ccc(C)c(C(=O)NC(C)CC(C)O)c1. The molecule has 0 bridgehead atoms. The molecule has 1 amide bonds. The van der Waals surface area contributed by atoms with Gasteiger partial charge in [0, 0.05) is 16.5 Å². The summed E-state index contributed by atoms with van der Waals surface area (Å²) in [6.07, 6.45) is 2.15. The van der Waals surface area contributed by atoms with Crippen LogP contribution >= 0.6 is 11.8 Å². The maximum absolute atomic E-state index is 12.1. The molecule has 2 atom stereocenters. The van der Waals surface area contributed by atoms with Crippen molar-refractivity contribution in [3.05, 3.63) is 29.3 Å². The van der Waals surface area contributed by atoms with Gasteiger partial charge < -0.3 is 10.4 Å². The zero-order chi connectivity index (χ0) is 13.7. The maximum atomic E-state index is 12.1. The first-order valence-electron chi connectivity index (χ1n) is 6.07. The molecule has 2 unspecified atom stereocenters. The lowest BCUT2D eigenvalue weighted by atomic mass is 10.1. The van der Waals surface area contributed by atoms with Crippen molar-refractivity contribution in [1.29, 1.82) is 0 Å². The van der Waals surface area contributed by atoms with Gasteiger partial charge in [0.05, 0.1) is 6.10 Å². The Morgan fingerprint density at radius 1 is 1.44 bits per heavy atom. The summed E-state index contributed by atoms with van der Waals surface area (Å²) < 4.78 is 0. The lowest BCUT2D eigenvalue weighted by Crippen LogP contribution is -2.35. The normalized spacial score (nSPS) is 14.1. The number of nitrogens with one attached hydrogen (secondary N) is 1. The van der Waals surface area contributed by atoms with Crippen molar-refractivity contribution in [2.24, 2.45) is 0 Å². The van der Waals surface area contributed by atoms with E-state index < -0.39 is 6.10 Å². The maximum Gasteiger partial charge on any atom is 0.251 e. The van der Waals surface area contributed by atoms with Crippen LogP contribution < -0.4 is 5.32 Å². The van der Waals surface area contributed by atoms with E-state index in [1.807, 2.05) is 38.3 Å². The molecule has 0 heterocycles. The molecule has 1 aromatic carbocycles. The third-order valence-corrected chi connectivity index (χ3v) is 3.49. The van der Waals surface area contributed by atoms with Crippen molar-refractivity contribution in [2.45, 2.75) is 44.2 Å². The first kappa shape index (κ1) is 15.1. The van der Waals surface area contributed by atoms with Crippen LogP contribution in [0.1, 0.15) is 36.2 Å². The van der Waals surface area contributed by atoms with Crippen LogP contribution in [0.4, 0.5) is 0 Å². The molecule has 0 radical (unpaired) electrons. The molecular weight excluding hydrogens is 246 g/mol. The Bertz CT molecular complexity index is 418. The Balaban J connectivity index is 2.77. The van der Waals surface area contributed by atoms with E-state index in [4.69, 9.17) is 0 Å². The first-order valence-corrected chi connectivity index (χ1v) is 7.30. The number of aliphatic hydroxyl groups is 1. The van der Waals surface area contributed by atoms with E-state index in [2.05, 4.69) is 5.32 Å². The van der Waals surface area contributed by atoms with Gasteiger partial charge in [0.2, 0.25) is 0 Å². The summed E-state index contributed by atoms with van der Waals surface area (Å²) in [6.45, 7) is 5.55. The Labute approximate surface area is 113 Å². The minimum atomic E-state index is -0.404. The minimum Gasteiger partial charge on any atom is -0.393 e. The summed E-state index contributed by atoms with van der Waals surface area (Å²) in [5.41, 5.74) is 1.67. The number of aryl methyl sites for hydroxylation is 1.